The van der Waals surface area contributed by atoms with E-state index in [2.05, 4.69) is 11.8 Å². The van der Waals surface area contributed by atoms with Crippen molar-refractivity contribution >= 4 is 27.5 Å². The van der Waals surface area contributed by atoms with Crippen molar-refractivity contribution in [3.05, 3.63) is 63.8 Å². The van der Waals surface area contributed by atoms with E-state index in [0.717, 1.165) is 15.8 Å². The van der Waals surface area contributed by atoms with Crippen molar-refractivity contribution in [3.8, 4) is 17.6 Å². The number of aromatic nitrogens is 1. The van der Waals surface area contributed by atoms with Gasteiger partial charge in [-0.05, 0) is 36.8 Å². The molecule has 5 nitrogen and oxygen atoms in total. The van der Waals surface area contributed by atoms with E-state index in [9.17, 15) is 9.59 Å². The summed E-state index contributed by atoms with van der Waals surface area (Å²) in [6, 6.07) is 14.7. The molecule has 0 aliphatic rings. The SMILES string of the molecule is CC#CC(CC(=O)O)c1ccc(OCn2c(=O)sc3ccccc32)cc1. The van der Waals surface area contributed by atoms with Crippen LogP contribution in [-0.4, -0.2) is 15.6 Å². The number of rotatable bonds is 6. The highest BCUT2D eigenvalue weighted by Crippen LogP contribution is 2.23. The number of nitrogens with zero attached hydrogens (tertiary/aromatic N) is 1. The highest BCUT2D eigenvalue weighted by Gasteiger charge is 2.13. The molecule has 1 N–H and O–H groups in total. The first kappa shape index (κ1) is 17.8. The van der Waals surface area contributed by atoms with Crippen LogP contribution >= 0.6 is 11.3 Å². The zero-order valence-corrected chi connectivity index (χ0v) is 15.0. The normalized spacial score (nSPS) is 11.6. The van der Waals surface area contributed by atoms with Gasteiger partial charge in [-0.2, -0.15) is 0 Å². The minimum absolute atomic E-state index is 0.0443. The summed E-state index contributed by atoms with van der Waals surface area (Å²) >= 11 is 1.19. The van der Waals surface area contributed by atoms with Gasteiger partial charge in [0.05, 0.1) is 22.6 Å². The Morgan fingerprint density at radius 2 is 1.96 bits per heavy atom. The number of carbonyl (C=O) groups is 1. The van der Waals surface area contributed by atoms with Crippen LogP contribution in [0.15, 0.2) is 53.3 Å². The summed E-state index contributed by atoms with van der Waals surface area (Å²) < 4.78 is 8.24. The number of hydrogen-bond donors (Lipinski definition) is 1. The van der Waals surface area contributed by atoms with Gasteiger partial charge in [-0.25, -0.2) is 0 Å². The Morgan fingerprint density at radius 3 is 2.65 bits per heavy atom. The quantitative estimate of drug-likeness (QED) is 0.675. The van der Waals surface area contributed by atoms with Crippen molar-refractivity contribution in [1.29, 1.82) is 0 Å². The van der Waals surface area contributed by atoms with E-state index in [-0.39, 0.29) is 23.9 Å². The molecule has 0 bridgehead atoms. The Balaban J connectivity index is 1.74. The van der Waals surface area contributed by atoms with Gasteiger partial charge >= 0.3 is 10.8 Å². The first-order chi connectivity index (χ1) is 12.6. The lowest BCUT2D eigenvalue weighted by Gasteiger charge is -2.11. The molecule has 3 rings (SSSR count). The van der Waals surface area contributed by atoms with E-state index >= 15 is 0 Å². The molecule has 0 saturated carbocycles. The summed E-state index contributed by atoms with van der Waals surface area (Å²) in [5, 5.41) is 9.01. The number of carboxylic acid groups (broad SMARTS) is 1. The van der Waals surface area contributed by atoms with Crippen molar-refractivity contribution in [2.75, 3.05) is 0 Å². The molecule has 1 unspecified atom stereocenters. The molecule has 26 heavy (non-hydrogen) atoms. The fourth-order valence-corrected chi connectivity index (χ4v) is 3.55. The molecule has 6 heteroatoms. The number of hydrogen-bond acceptors (Lipinski definition) is 4. The maximum absolute atomic E-state index is 12.1. The second kappa shape index (κ2) is 7.89. The fraction of sp³-hybridized carbons (Fsp3) is 0.200. The van der Waals surface area contributed by atoms with E-state index in [1.807, 2.05) is 36.4 Å². The van der Waals surface area contributed by atoms with Gasteiger partial charge < -0.3 is 9.84 Å². The molecule has 132 valence electrons. The number of aliphatic carboxylic acids is 1. The Bertz CT molecular complexity index is 1040. The number of fused-ring (bicyclic) bond motifs is 1. The van der Waals surface area contributed by atoms with Crippen LogP contribution in [0.4, 0.5) is 0 Å². The van der Waals surface area contributed by atoms with E-state index in [0.29, 0.717) is 5.75 Å². The molecule has 0 spiro atoms. The largest absolute Gasteiger partial charge is 0.481 e. The van der Waals surface area contributed by atoms with Crippen LogP contribution in [0.5, 0.6) is 5.75 Å². The lowest BCUT2D eigenvalue weighted by molar-refractivity contribution is -0.137. The number of ether oxygens (including phenoxy) is 1. The highest BCUT2D eigenvalue weighted by molar-refractivity contribution is 7.16. The van der Waals surface area contributed by atoms with E-state index < -0.39 is 5.97 Å². The van der Waals surface area contributed by atoms with Crippen LogP contribution in [0.3, 0.4) is 0 Å². The predicted octanol–water partition coefficient (Wildman–Crippen LogP) is 3.68. The summed E-state index contributed by atoms with van der Waals surface area (Å²) in [5.41, 5.74) is 1.67. The lowest BCUT2D eigenvalue weighted by atomic mass is 9.96. The van der Waals surface area contributed by atoms with E-state index in [4.69, 9.17) is 9.84 Å². The first-order valence-electron chi connectivity index (χ1n) is 8.03. The van der Waals surface area contributed by atoms with Gasteiger partial charge in [0.2, 0.25) is 0 Å². The average molecular weight is 367 g/mol. The molecule has 0 aliphatic heterocycles. The summed E-state index contributed by atoms with van der Waals surface area (Å²) in [6.07, 6.45) is -0.0443. The van der Waals surface area contributed by atoms with Crippen molar-refractivity contribution < 1.29 is 14.6 Å². The Morgan fingerprint density at radius 1 is 1.23 bits per heavy atom. The minimum Gasteiger partial charge on any atom is -0.481 e. The molecule has 0 amide bonds. The third-order valence-electron chi connectivity index (χ3n) is 3.91. The van der Waals surface area contributed by atoms with Crippen LogP contribution < -0.4 is 9.61 Å². The van der Waals surface area contributed by atoms with Crippen LogP contribution in [0.2, 0.25) is 0 Å². The van der Waals surface area contributed by atoms with E-state index in [1.54, 1.807) is 23.6 Å². The molecular formula is C20H17NO4S. The van der Waals surface area contributed by atoms with E-state index in [1.165, 1.54) is 11.3 Å². The number of carboxylic acids is 1. The summed E-state index contributed by atoms with van der Waals surface area (Å²) in [4.78, 5) is 23.0. The Hall–Kier alpha value is -3.04. The second-order valence-electron chi connectivity index (χ2n) is 5.65. The molecule has 0 saturated heterocycles. The summed E-state index contributed by atoms with van der Waals surface area (Å²) in [7, 11) is 0. The average Bonchev–Trinajstić information content (AvgIpc) is 2.95. The van der Waals surface area contributed by atoms with Gasteiger partial charge in [-0.1, -0.05) is 41.5 Å². The Labute approximate surface area is 154 Å². The molecule has 1 heterocycles. The molecule has 0 fully saturated rings. The summed E-state index contributed by atoms with van der Waals surface area (Å²) in [6.45, 7) is 1.81. The number of para-hydroxylation sites is 1. The minimum atomic E-state index is -0.887. The lowest BCUT2D eigenvalue weighted by Crippen LogP contribution is -2.16. The third kappa shape index (κ3) is 3.95. The second-order valence-corrected chi connectivity index (χ2v) is 6.64. The van der Waals surface area contributed by atoms with Crippen molar-refractivity contribution in [2.45, 2.75) is 26.0 Å². The predicted molar refractivity (Wildman–Crippen MR) is 102 cm³/mol. The molecule has 0 aliphatic carbocycles. The van der Waals surface area contributed by atoms with Gasteiger partial charge in [0, 0.05) is 0 Å². The molecule has 1 atom stereocenters. The standard InChI is InChI=1S/C20H17NO4S/c1-2-5-15(12-19(22)23)14-8-10-16(11-9-14)25-13-21-17-6-3-4-7-18(17)26-20(21)24/h3-4,6-11,15H,12-13H2,1H3,(H,22,23). The summed E-state index contributed by atoms with van der Waals surface area (Å²) in [5.74, 6) is 5.05. The van der Waals surface area contributed by atoms with Crippen LogP contribution in [0.1, 0.15) is 24.8 Å². The van der Waals surface area contributed by atoms with Crippen LogP contribution in [0, 0.1) is 11.8 Å². The maximum Gasteiger partial charge on any atom is 0.310 e. The van der Waals surface area contributed by atoms with Crippen LogP contribution in [-0.2, 0) is 11.5 Å². The van der Waals surface area contributed by atoms with Crippen molar-refractivity contribution in [2.24, 2.45) is 0 Å². The molecular weight excluding hydrogens is 350 g/mol. The topological polar surface area (TPSA) is 68.5 Å². The molecule has 1 aromatic heterocycles. The number of benzene rings is 2. The highest BCUT2D eigenvalue weighted by atomic mass is 32.1. The van der Waals surface area contributed by atoms with Crippen molar-refractivity contribution in [3.63, 3.8) is 0 Å². The van der Waals surface area contributed by atoms with Gasteiger partial charge in [0.1, 0.15) is 5.75 Å². The smallest absolute Gasteiger partial charge is 0.310 e. The van der Waals surface area contributed by atoms with Crippen LogP contribution in [0.25, 0.3) is 10.2 Å². The fourth-order valence-electron chi connectivity index (χ4n) is 2.67. The first-order valence-corrected chi connectivity index (χ1v) is 8.85. The molecule has 3 aromatic rings. The molecule has 0 radical (unpaired) electrons. The van der Waals surface area contributed by atoms with Gasteiger partial charge in [0.15, 0.2) is 6.73 Å². The van der Waals surface area contributed by atoms with Gasteiger partial charge in [-0.15, -0.1) is 5.92 Å². The number of thiazole rings is 1. The third-order valence-corrected chi connectivity index (χ3v) is 4.87. The molecule has 2 aromatic carbocycles. The van der Waals surface area contributed by atoms with Gasteiger partial charge in [0.25, 0.3) is 0 Å². The van der Waals surface area contributed by atoms with Gasteiger partial charge in [-0.3, -0.25) is 14.2 Å². The van der Waals surface area contributed by atoms with Crippen molar-refractivity contribution in [1.82, 2.24) is 4.57 Å². The monoisotopic (exact) mass is 367 g/mol. The zero-order valence-electron chi connectivity index (χ0n) is 14.1. The zero-order chi connectivity index (χ0) is 18.5. The maximum atomic E-state index is 12.1. The Kier molecular flexibility index (Phi) is 5.40.